The lowest BCUT2D eigenvalue weighted by molar-refractivity contribution is -0.127. The van der Waals surface area contributed by atoms with Crippen molar-refractivity contribution in [2.24, 2.45) is 35.1 Å². The number of hydrogen-bond acceptors (Lipinski definition) is 4. The van der Waals surface area contributed by atoms with Gasteiger partial charge in [-0.25, -0.2) is 0 Å². The van der Waals surface area contributed by atoms with Crippen molar-refractivity contribution in [2.75, 3.05) is 13.1 Å². The lowest BCUT2D eigenvalue weighted by atomic mass is 9.84. The van der Waals surface area contributed by atoms with Crippen LogP contribution >= 0.6 is 24.8 Å². The Morgan fingerprint density at radius 1 is 1.10 bits per heavy atom. The average Bonchev–Trinajstić information content (AvgIpc) is 3.28. The van der Waals surface area contributed by atoms with E-state index in [1.165, 1.54) is 12.0 Å². The fourth-order valence-electron chi connectivity index (χ4n) is 5.56. The van der Waals surface area contributed by atoms with Crippen LogP contribution in [-0.4, -0.2) is 35.8 Å². The molecule has 2 aliphatic carbocycles. The van der Waals surface area contributed by atoms with Crippen molar-refractivity contribution in [3.05, 3.63) is 35.4 Å². The number of nitrogens with one attached hydrogen (secondary N) is 1. The second-order valence-corrected chi connectivity index (χ2v) is 8.95. The Labute approximate surface area is 191 Å². The zero-order valence-corrected chi connectivity index (χ0v) is 18.9. The van der Waals surface area contributed by atoms with Crippen LogP contribution in [0.2, 0.25) is 0 Å². The fraction of sp³-hybridized carbons (Fsp3) is 0.636. The van der Waals surface area contributed by atoms with Crippen LogP contribution in [0.5, 0.6) is 0 Å². The molecule has 2 bridgehead atoms. The molecule has 1 aliphatic heterocycles. The number of nitrogens with two attached hydrogens (primary N) is 2. The van der Waals surface area contributed by atoms with Crippen molar-refractivity contribution in [3.8, 4) is 0 Å². The molecule has 5 atom stereocenters. The van der Waals surface area contributed by atoms with E-state index in [1.54, 1.807) is 0 Å². The molecule has 0 radical (unpaired) electrons. The molecular formula is C22H34Cl2N4O2. The van der Waals surface area contributed by atoms with Gasteiger partial charge in [-0.05, 0) is 61.6 Å². The topological polar surface area (TPSA) is 101 Å². The SMILES string of the molecule is Cl.Cl.NC(=O)C1CCCN(Cc2cccc(CNC(=O)C3C4CCC(C4)C3N)c2)C1. The van der Waals surface area contributed by atoms with Gasteiger partial charge in [0.2, 0.25) is 11.8 Å². The normalized spacial score (nSPS) is 30.2. The van der Waals surface area contributed by atoms with E-state index < -0.39 is 0 Å². The Hall–Kier alpha value is -1.34. The van der Waals surface area contributed by atoms with Gasteiger partial charge in [-0.2, -0.15) is 0 Å². The van der Waals surface area contributed by atoms with Crippen LogP contribution < -0.4 is 16.8 Å². The number of carbonyl (C=O) groups is 2. The highest BCUT2D eigenvalue weighted by Crippen LogP contribution is 2.47. The maximum Gasteiger partial charge on any atom is 0.225 e. The molecule has 6 nitrogen and oxygen atoms in total. The first-order chi connectivity index (χ1) is 13.5. The lowest BCUT2D eigenvalue weighted by Crippen LogP contribution is -2.45. The van der Waals surface area contributed by atoms with Gasteiger partial charge in [0.05, 0.1) is 11.8 Å². The number of primary amides is 1. The molecule has 2 amide bonds. The number of carbonyl (C=O) groups excluding carboxylic acids is 2. The second-order valence-electron chi connectivity index (χ2n) is 8.95. The third-order valence-corrected chi connectivity index (χ3v) is 7.06. The Bertz CT molecular complexity index is 746. The highest BCUT2D eigenvalue weighted by Gasteiger charge is 2.48. The van der Waals surface area contributed by atoms with Crippen LogP contribution in [0.3, 0.4) is 0 Å². The van der Waals surface area contributed by atoms with Crippen LogP contribution in [0.15, 0.2) is 24.3 Å². The summed E-state index contributed by atoms with van der Waals surface area (Å²) in [6.07, 6.45) is 5.35. The third kappa shape index (κ3) is 5.47. The number of nitrogens with zero attached hydrogens (tertiary/aromatic N) is 1. The first kappa shape index (κ1) is 24.9. The highest BCUT2D eigenvalue weighted by atomic mass is 35.5. The van der Waals surface area contributed by atoms with Crippen molar-refractivity contribution < 1.29 is 9.59 Å². The summed E-state index contributed by atoms with van der Waals surface area (Å²) in [5, 5.41) is 3.12. The molecule has 1 saturated heterocycles. The van der Waals surface area contributed by atoms with E-state index in [0.717, 1.165) is 50.9 Å². The number of likely N-dealkylation sites (tertiary alicyclic amines) is 1. The van der Waals surface area contributed by atoms with Crippen LogP contribution in [-0.2, 0) is 22.7 Å². The molecule has 1 heterocycles. The van der Waals surface area contributed by atoms with Gasteiger partial charge in [0.25, 0.3) is 0 Å². The van der Waals surface area contributed by atoms with Gasteiger partial charge in [-0.15, -0.1) is 24.8 Å². The Morgan fingerprint density at radius 2 is 1.83 bits per heavy atom. The van der Waals surface area contributed by atoms with Gasteiger partial charge >= 0.3 is 0 Å². The molecule has 8 heteroatoms. The molecule has 0 aromatic heterocycles. The molecule has 3 aliphatic rings. The molecule has 0 spiro atoms. The minimum atomic E-state index is -0.194. The summed E-state index contributed by atoms with van der Waals surface area (Å²) in [4.78, 5) is 26.5. The van der Waals surface area contributed by atoms with Crippen LogP contribution in [0.25, 0.3) is 0 Å². The number of piperidine rings is 1. The van der Waals surface area contributed by atoms with E-state index in [1.807, 2.05) is 12.1 Å². The van der Waals surface area contributed by atoms with Gasteiger partial charge < -0.3 is 16.8 Å². The summed E-state index contributed by atoms with van der Waals surface area (Å²) >= 11 is 0. The summed E-state index contributed by atoms with van der Waals surface area (Å²) in [7, 11) is 0. The lowest BCUT2D eigenvalue weighted by Gasteiger charge is -2.31. The molecule has 3 fully saturated rings. The summed E-state index contributed by atoms with van der Waals surface area (Å²) in [5.41, 5.74) is 14.1. The Balaban J connectivity index is 0.00000160. The largest absolute Gasteiger partial charge is 0.369 e. The van der Waals surface area contributed by atoms with Gasteiger partial charge in [-0.1, -0.05) is 24.3 Å². The molecule has 168 valence electrons. The molecular weight excluding hydrogens is 423 g/mol. The number of halogens is 2. The quantitative estimate of drug-likeness (QED) is 0.610. The van der Waals surface area contributed by atoms with Gasteiger partial charge in [0.1, 0.15) is 0 Å². The van der Waals surface area contributed by atoms with Gasteiger partial charge in [0, 0.05) is 25.7 Å². The average molecular weight is 457 g/mol. The van der Waals surface area contributed by atoms with Gasteiger partial charge in [-0.3, -0.25) is 14.5 Å². The number of rotatable bonds is 6. The Morgan fingerprint density at radius 3 is 2.53 bits per heavy atom. The monoisotopic (exact) mass is 456 g/mol. The van der Waals surface area contributed by atoms with Crippen molar-refractivity contribution in [1.29, 1.82) is 0 Å². The van der Waals surface area contributed by atoms with Gasteiger partial charge in [0.15, 0.2) is 0 Å². The number of benzene rings is 1. The van der Waals surface area contributed by atoms with E-state index in [9.17, 15) is 9.59 Å². The van der Waals surface area contributed by atoms with Crippen molar-refractivity contribution in [1.82, 2.24) is 10.2 Å². The van der Waals surface area contributed by atoms with Crippen LogP contribution in [0.1, 0.15) is 43.2 Å². The first-order valence-electron chi connectivity index (χ1n) is 10.6. The smallest absolute Gasteiger partial charge is 0.225 e. The van der Waals surface area contributed by atoms with Crippen molar-refractivity contribution in [3.63, 3.8) is 0 Å². The predicted octanol–water partition coefficient (Wildman–Crippen LogP) is 2.22. The highest BCUT2D eigenvalue weighted by molar-refractivity contribution is 5.85. The standard InChI is InChI=1S/C22H32N4O2.2ClH/c23-20-17-7-6-16(10-17)19(20)22(28)25-11-14-3-1-4-15(9-14)12-26-8-2-5-18(13-26)21(24)27;;/h1,3-4,9,16-20H,2,5-8,10-13,23H2,(H2,24,27)(H,25,28);2*1H. The second kappa shape index (κ2) is 10.8. The van der Waals surface area contributed by atoms with E-state index >= 15 is 0 Å². The number of amides is 2. The minimum Gasteiger partial charge on any atom is -0.369 e. The Kier molecular flexibility index (Phi) is 8.98. The number of hydrogen-bond donors (Lipinski definition) is 3. The molecule has 5 unspecified atom stereocenters. The molecule has 2 saturated carbocycles. The summed E-state index contributed by atoms with van der Waals surface area (Å²) in [5.74, 6) is 0.884. The fourth-order valence-corrected chi connectivity index (χ4v) is 5.56. The molecule has 1 aromatic carbocycles. The molecule has 1 aromatic rings. The molecule has 30 heavy (non-hydrogen) atoms. The number of fused-ring (bicyclic) bond motifs is 2. The maximum atomic E-state index is 12.7. The van der Waals surface area contributed by atoms with Crippen molar-refractivity contribution in [2.45, 2.75) is 51.2 Å². The van der Waals surface area contributed by atoms with Crippen LogP contribution in [0, 0.1) is 23.7 Å². The molecule has 4 rings (SSSR count). The first-order valence-corrected chi connectivity index (χ1v) is 10.6. The minimum absolute atomic E-state index is 0. The van der Waals surface area contributed by atoms with E-state index in [4.69, 9.17) is 11.5 Å². The predicted molar refractivity (Wildman–Crippen MR) is 122 cm³/mol. The third-order valence-electron chi connectivity index (χ3n) is 7.06. The van der Waals surface area contributed by atoms with Crippen molar-refractivity contribution >= 4 is 36.6 Å². The summed E-state index contributed by atoms with van der Waals surface area (Å²) in [6, 6.07) is 8.37. The maximum absolute atomic E-state index is 12.7. The van der Waals surface area contributed by atoms with Crippen LogP contribution in [0.4, 0.5) is 0 Å². The molecule has 5 N–H and O–H groups in total. The van der Waals surface area contributed by atoms with E-state index in [0.29, 0.717) is 18.4 Å². The summed E-state index contributed by atoms with van der Waals surface area (Å²) < 4.78 is 0. The van der Waals surface area contributed by atoms with E-state index in [-0.39, 0.29) is 54.5 Å². The zero-order valence-electron chi connectivity index (χ0n) is 17.3. The summed E-state index contributed by atoms with van der Waals surface area (Å²) in [6.45, 7) is 3.07. The zero-order chi connectivity index (χ0) is 19.7. The van der Waals surface area contributed by atoms with E-state index in [2.05, 4.69) is 22.3 Å².